The highest BCUT2D eigenvalue weighted by molar-refractivity contribution is 5.77. The zero-order valence-corrected chi connectivity index (χ0v) is 18.1. The van der Waals surface area contributed by atoms with E-state index in [1.807, 2.05) is 71.6 Å². The highest BCUT2D eigenvalue weighted by Gasteiger charge is 2.14. The Kier molecular flexibility index (Phi) is 7.08. The van der Waals surface area contributed by atoms with Crippen LogP contribution in [0.1, 0.15) is 24.0 Å². The van der Waals surface area contributed by atoms with Gasteiger partial charge >= 0.3 is 0 Å². The van der Waals surface area contributed by atoms with Crippen LogP contribution >= 0.6 is 0 Å². The first-order chi connectivity index (χ1) is 15.7. The maximum atomic E-state index is 13.1. The van der Waals surface area contributed by atoms with Gasteiger partial charge < -0.3 is 4.90 Å². The Morgan fingerprint density at radius 3 is 2.25 bits per heavy atom. The standard InChI is InChI=1S/C27H27N3O2/c31-26(16-9-18-30-21-28-25-15-8-7-14-24(25)27(30)32)29(20-23-12-5-2-6-13-23)19-17-22-10-3-1-4-11-22/h1-8,10-15,21H,9,16-20H2. The van der Waals surface area contributed by atoms with Crippen molar-refractivity contribution in [1.29, 1.82) is 0 Å². The Hall–Kier alpha value is -3.73. The Labute approximate surface area is 188 Å². The minimum absolute atomic E-state index is 0.0618. The summed E-state index contributed by atoms with van der Waals surface area (Å²) in [5.74, 6) is 0.103. The fraction of sp³-hybridized carbons (Fsp3) is 0.222. The van der Waals surface area contributed by atoms with Crippen molar-refractivity contribution in [2.75, 3.05) is 6.54 Å². The second-order valence-corrected chi connectivity index (χ2v) is 7.90. The number of hydrogen-bond acceptors (Lipinski definition) is 3. The molecule has 0 aliphatic heterocycles. The molecule has 0 fully saturated rings. The molecule has 1 heterocycles. The summed E-state index contributed by atoms with van der Waals surface area (Å²) < 4.78 is 1.60. The van der Waals surface area contributed by atoms with Gasteiger partial charge in [0.1, 0.15) is 0 Å². The van der Waals surface area contributed by atoms with E-state index in [-0.39, 0.29) is 11.5 Å². The van der Waals surface area contributed by atoms with Gasteiger partial charge in [-0.2, -0.15) is 0 Å². The molecule has 0 spiro atoms. The Bertz CT molecular complexity index is 1220. The number of nitrogens with zero attached hydrogens (tertiary/aromatic N) is 3. The van der Waals surface area contributed by atoms with E-state index in [1.54, 1.807) is 17.0 Å². The third kappa shape index (κ3) is 5.49. The molecule has 4 aromatic rings. The van der Waals surface area contributed by atoms with E-state index < -0.39 is 0 Å². The second-order valence-electron chi connectivity index (χ2n) is 7.90. The molecule has 162 valence electrons. The van der Waals surface area contributed by atoms with E-state index in [1.165, 1.54) is 5.56 Å². The molecule has 0 bridgehead atoms. The SMILES string of the molecule is O=C(CCCn1cnc2ccccc2c1=O)N(CCc1ccccc1)Cc1ccccc1. The summed E-state index contributed by atoms with van der Waals surface area (Å²) in [5, 5.41) is 0.606. The lowest BCUT2D eigenvalue weighted by atomic mass is 10.1. The lowest BCUT2D eigenvalue weighted by Crippen LogP contribution is -2.32. The van der Waals surface area contributed by atoms with Crippen LogP contribution in [0.25, 0.3) is 10.9 Å². The Morgan fingerprint density at radius 1 is 0.844 bits per heavy atom. The number of aromatic nitrogens is 2. The summed E-state index contributed by atoms with van der Waals surface area (Å²) in [5.41, 5.74) is 2.96. The van der Waals surface area contributed by atoms with Gasteiger partial charge in [0.15, 0.2) is 0 Å². The molecule has 5 heteroatoms. The van der Waals surface area contributed by atoms with Crippen molar-refractivity contribution in [2.45, 2.75) is 32.4 Å². The van der Waals surface area contributed by atoms with E-state index in [0.29, 0.717) is 43.4 Å². The van der Waals surface area contributed by atoms with Gasteiger partial charge in [0.2, 0.25) is 5.91 Å². The van der Waals surface area contributed by atoms with E-state index in [4.69, 9.17) is 0 Å². The molecule has 32 heavy (non-hydrogen) atoms. The van der Waals surface area contributed by atoms with Crippen molar-refractivity contribution in [3.8, 4) is 0 Å². The van der Waals surface area contributed by atoms with Crippen LogP contribution in [0.4, 0.5) is 0 Å². The van der Waals surface area contributed by atoms with Crippen LogP contribution in [0, 0.1) is 0 Å². The largest absolute Gasteiger partial charge is 0.338 e. The van der Waals surface area contributed by atoms with E-state index in [9.17, 15) is 9.59 Å². The molecule has 0 radical (unpaired) electrons. The average molecular weight is 426 g/mol. The first kappa shape index (κ1) is 21.5. The molecule has 0 atom stereocenters. The number of hydrogen-bond donors (Lipinski definition) is 0. The summed E-state index contributed by atoms with van der Waals surface area (Å²) in [6, 6.07) is 27.6. The van der Waals surface area contributed by atoms with E-state index in [0.717, 1.165) is 12.0 Å². The van der Waals surface area contributed by atoms with Gasteiger partial charge in [0, 0.05) is 26.1 Å². The normalized spacial score (nSPS) is 10.9. The molecular formula is C27H27N3O2. The number of benzene rings is 3. The second kappa shape index (κ2) is 10.5. The van der Waals surface area contributed by atoms with Crippen LogP contribution in [0.15, 0.2) is 96.1 Å². The fourth-order valence-corrected chi connectivity index (χ4v) is 3.83. The number of para-hydroxylation sites is 1. The predicted molar refractivity (Wildman–Crippen MR) is 127 cm³/mol. The number of aryl methyl sites for hydroxylation is 1. The molecule has 1 amide bonds. The summed E-state index contributed by atoms with van der Waals surface area (Å²) in [4.78, 5) is 32.0. The van der Waals surface area contributed by atoms with Crippen LogP contribution in [0.2, 0.25) is 0 Å². The van der Waals surface area contributed by atoms with Gasteiger partial charge in [-0.25, -0.2) is 4.98 Å². The smallest absolute Gasteiger partial charge is 0.261 e. The molecule has 0 N–H and O–H groups in total. The van der Waals surface area contributed by atoms with Gasteiger partial charge in [-0.1, -0.05) is 72.8 Å². The maximum absolute atomic E-state index is 13.1. The predicted octanol–water partition coefficient (Wildman–Crippen LogP) is 4.45. The minimum atomic E-state index is -0.0618. The minimum Gasteiger partial charge on any atom is -0.338 e. The van der Waals surface area contributed by atoms with Crippen molar-refractivity contribution in [2.24, 2.45) is 0 Å². The van der Waals surface area contributed by atoms with Crippen molar-refractivity contribution < 1.29 is 4.79 Å². The topological polar surface area (TPSA) is 55.2 Å². The fourth-order valence-electron chi connectivity index (χ4n) is 3.83. The molecule has 4 rings (SSSR count). The van der Waals surface area contributed by atoms with Gasteiger partial charge in [-0.05, 0) is 36.1 Å². The van der Waals surface area contributed by atoms with Crippen LogP contribution in [-0.2, 0) is 24.3 Å². The van der Waals surface area contributed by atoms with Crippen molar-refractivity contribution in [3.63, 3.8) is 0 Å². The number of amides is 1. The van der Waals surface area contributed by atoms with Crippen molar-refractivity contribution in [1.82, 2.24) is 14.5 Å². The Morgan fingerprint density at radius 2 is 1.50 bits per heavy atom. The first-order valence-corrected chi connectivity index (χ1v) is 11.0. The zero-order chi connectivity index (χ0) is 22.2. The molecule has 1 aromatic heterocycles. The first-order valence-electron chi connectivity index (χ1n) is 11.0. The summed E-state index contributed by atoms with van der Waals surface area (Å²) in [6.45, 7) is 1.72. The van der Waals surface area contributed by atoms with Gasteiger partial charge in [0.05, 0.1) is 17.2 Å². The molecule has 0 aliphatic carbocycles. The summed E-state index contributed by atoms with van der Waals surface area (Å²) >= 11 is 0. The molecule has 5 nitrogen and oxygen atoms in total. The quantitative estimate of drug-likeness (QED) is 0.398. The summed E-state index contributed by atoms with van der Waals surface area (Å²) in [7, 11) is 0. The lowest BCUT2D eigenvalue weighted by molar-refractivity contribution is -0.132. The van der Waals surface area contributed by atoms with Crippen molar-refractivity contribution >= 4 is 16.8 Å². The van der Waals surface area contributed by atoms with Gasteiger partial charge in [0.25, 0.3) is 5.56 Å². The molecule has 0 saturated carbocycles. The van der Waals surface area contributed by atoms with Crippen LogP contribution in [0.5, 0.6) is 0 Å². The highest BCUT2D eigenvalue weighted by atomic mass is 16.2. The number of rotatable bonds is 9. The third-order valence-electron chi connectivity index (χ3n) is 5.60. The van der Waals surface area contributed by atoms with Crippen LogP contribution in [0.3, 0.4) is 0 Å². The highest BCUT2D eigenvalue weighted by Crippen LogP contribution is 2.11. The van der Waals surface area contributed by atoms with Crippen molar-refractivity contribution in [3.05, 3.63) is 113 Å². The van der Waals surface area contributed by atoms with Crippen LogP contribution in [-0.4, -0.2) is 26.9 Å². The van der Waals surface area contributed by atoms with Gasteiger partial charge in [-0.3, -0.25) is 14.2 Å². The number of carbonyl (C=O) groups is 1. The third-order valence-corrected chi connectivity index (χ3v) is 5.60. The monoisotopic (exact) mass is 425 g/mol. The summed E-state index contributed by atoms with van der Waals surface area (Å²) in [6.07, 6.45) is 3.37. The maximum Gasteiger partial charge on any atom is 0.261 e. The number of carbonyl (C=O) groups excluding carboxylic acids is 1. The molecule has 0 unspecified atom stereocenters. The molecule has 0 saturated heterocycles. The molecule has 3 aromatic carbocycles. The average Bonchev–Trinajstić information content (AvgIpc) is 2.84. The number of fused-ring (bicyclic) bond motifs is 1. The Balaban J connectivity index is 1.40. The molecular weight excluding hydrogens is 398 g/mol. The molecule has 0 aliphatic rings. The van der Waals surface area contributed by atoms with E-state index >= 15 is 0 Å². The van der Waals surface area contributed by atoms with Gasteiger partial charge in [-0.15, -0.1) is 0 Å². The van der Waals surface area contributed by atoms with E-state index in [2.05, 4.69) is 17.1 Å². The zero-order valence-electron chi connectivity index (χ0n) is 18.1. The van der Waals surface area contributed by atoms with Crippen LogP contribution < -0.4 is 5.56 Å². The lowest BCUT2D eigenvalue weighted by Gasteiger charge is -2.23.